The first-order valence-corrected chi connectivity index (χ1v) is 9.78. The highest BCUT2D eigenvalue weighted by Gasteiger charge is 2.18. The minimum absolute atomic E-state index is 0.671. The minimum Gasteiger partial charge on any atom is -0.494 e. The lowest BCUT2D eigenvalue weighted by molar-refractivity contribution is 0.418. The second-order valence-corrected chi connectivity index (χ2v) is 7.52. The fourth-order valence-electron chi connectivity index (χ4n) is 3.71. The van der Waals surface area contributed by atoms with Crippen LogP contribution in [-0.2, 0) is 7.05 Å². The Hall–Kier alpha value is -3.58. The van der Waals surface area contributed by atoms with Crippen LogP contribution in [0.2, 0.25) is 5.02 Å². The summed E-state index contributed by atoms with van der Waals surface area (Å²) in [7, 11) is 3.56. The Morgan fingerprint density at radius 2 is 1.77 bits per heavy atom. The van der Waals surface area contributed by atoms with Crippen LogP contribution in [0.4, 0.5) is 0 Å². The van der Waals surface area contributed by atoms with Crippen molar-refractivity contribution in [1.29, 1.82) is 0 Å². The molecule has 0 fully saturated rings. The largest absolute Gasteiger partial charge is 0.494 e. The van der Waals surface area contributed by atoms with Gasteiger partial charge in [-0.3, -0.25) is 4.68 Å². The molecular weight excluding hydrogens is 400 g/mol. The summed E-state index contributed by atoms with van der Waals surface area (Å²) in [6, 6.07) is 9.64. The smallest absolute Gasteiger partial charge is 0.145 e. The number of hydrogen-bond donors (Lipinski definition) is 0. The minimum atomic E-state index is 0.671. The molecule has 0 aliphatic rings. The predicted molar refractivity (Wildman–Crippen MR) is 116 cm³/mol. The molecule has 0 amide bonds. The van der Waals surface area contributed by atoms with Gasteiger partial charge in [-0.25, -0.2) is 9.20 Å². The zero-order chi connectivity index (χ0) is 20.8. The van der Waals surface area contributed by atoms with E-state index in [-0.39, 0.29) is 0 Å². The highest BCUT2D eigenvalue weighted by atomic mass is 35.5. The lowest BCUT2D eigenvalue weighted by Gasteiger charge is -2.09. The molecule has 30 heavy (non-hydrogen) atoms. The standard InChI is InChI=1S/C22H19ClN6O/c1-14-19(10-26-29(14)18-6-4-5-17(23)8-18)20-11-25-28-13-15(7-21(30-3)22(20)28)16-9-24-27(2)12-16/h4-13H,1-3H3. The van der Waals surface area contributed by atoms with Crippen molar-refractivity contribution < 1.29 is 4.74 Å². The van der Waals surface area contributed by atoms with Gasteiger partial charge in [0.05, 0.1) is 31.4 Å². The normalized spacial score (nSPS) is 11.3. The fourth-order valence-corrected chi connectivity index (χ4v) is 3.89. The number of pyridine rings is 1. The van der Waals surface area contributed by atoms with Gasteiger partial charge in [-0.05, 0) is 31.2 Å². The molecule has 0 radical (unpaired) electrons. The van der Waals surface area contributed by atoms with E-state index in [1.54, 1.807) is 11.8 Å². The van der Waals surface area contributed by atoms with Crippen LogP contribution >= 0.6 is 11.6 Å². The first-order valence-electron chi connectivity index (χ1n) is 9.40. The maximum absolute atomic E-state index is 6.16. The van der Waals surface area contributed by atoms with Gasteiger partial charge < -0.3 is 4.74 Å². The molecule has 0 spiro atoms. The Morgan fingerprint density at radius 3 is 2.50 bits per heavy atom. The summed E-state index contributed by atoms with van der Waals surface area (Å²) in [5.41, 5.74) is 6.71. The van der Waals surface area contributed by atoms with Gasteiger partial charge in [-0.2, -0.15) is 15.3 Å². The number of ether oxygens (including phenoxy) is 1. The number of methoxy groups -OCH3 is 1. The zero-order valence-electron chi connectivity index (χ0n) is 16.7. The topological polar surface area (TPSA) is 62.2 Å². The molecule has 0 aliphatic heterocycles. The lowest BCUT2D eigenvalue weighted by Crippen LogP contribution is -1.98. The van der Waals surface area contributed by atoms with E-state index >= 15 is 0 Å². The Labute approximate surface area is 178 Å². The van der Waals surface area contributed by atoms with Gasteiger partial charge in [0, 0.05) is 52.4 Å². The van der Waals surface area contributed by atoms with E-state index in [0.29, 0.717) is 5.02 Å². The summed E-state index contributed by atoms with van der Waals surface area (Å²) < 4.78 is 11.2. The third-order valence-electron chi connectivity index (χ3n) is 5.19. The fraction of sp³-hybridized carbons (Fsp3) is 0.136. The first kappa shape index (κ1) is 18.4. The van der Waals surface area contributed by atoms with Gasteiger partial charge in [0.25, 0.3) is 0 Å². The molecule has 0 N–H and O–H groups in total. The van der Waals surface area contributed by atoms with E-state index in [9.17, 15) is 0 Å². The number of aryl methyl sites for hydroxylation is 1. The number of hydrogen-bond acceptors (Lipinski definition) is 4. The van der Waals surface area contributed by atoms with E-state index in [1.807, 2.05) is 84.5 Å². The summed E-state index contributed by atoms with van der Waals surface area (Å²) in [6.07, 6.45) is 9.46. The molecule has 0 saturated carbocycles. The lowest BCUT2D eigenvalue weighted by atomic mass is 10.1. The van der Waals surface area contributed by atoms with Crippen LogP contribution in [0.3, 0.4) is 0 Å². The molecule has 0 aliphatic carbocycles. The maximum Gasteiger partial charge on any atom is 0.145 e. The average molecular weight is 419 g/mol. The monoisotopic (exact) mass is 418 g/mol. The number of halogens is 1. The molecule has 4 aromatic heterocycles. The number of nitrogens with zero attached hydrogens (tertiary/aromatic N) is 6. The second-order valence-electron chi connectivity index (χ2n) is 7.09. The van der Waals surface area contributed by atoms with E-state index in [4.69, 9.17) is 16.3 Å². The van der Waals surface area contributed by atoms with Gasteiger partial charge in [-0.1, -0.05) is 17.7 Å². The second kappa shape index (κ2) is 7.03. The quantitative estimate of drug-likeness (QED) is 0.429. The summed E-state index contributed by atoms with van der Waals surface area (Å²) in [5, 5.41) is 14.1. The van der Waals surface area contributed by atoms with E-state index < -0.39 is 0 Å². The van der Waals surface area contributed by atoms with Crippen molar-refractivity contribution in [3.8, 4) is 33.7 Å². The number of aromatic nitrogens is 6. The summed E-state index contributed by atoms with van der Waals surface area (Å²) in [6.45, 7) is 2.03. The third kappa shape index (κ3) is 2.95. The van der Waals surface area contributed by atoms with Gasteiger partial charge in [0.15, 0.2) is 0 Å². The molecule has 0 atom stereocenters. The van der Waals surface area contributed by atoms with Gasteiger partial charge in [-0.15, -0.1) is 0 Å². The van der Waals surface area contributed by atoms with Gasteiger partial charge >= 0.3 is 0 Å². The molecule has 0 saturated heterocycles. The summed E-state index contributed by atoms with van der Waals surface area (Å²) in [5.74, 6) is 0.735. The van der Waals surface area contributed by atoms with Gasteiger partial charge in [0.1, 0.15) is 11.3 Å². The highest BCUT2D eigenvalue weighted by Crippen LogP contribution is 2.36. The molecule has 5 rings (SSSR count). The van der Waals surface area contributed by atoms with E-state index in [0.717, 1.165) is 44.9 Å². The molecule has 8 heteroatoms. The third-order valence-corrected chi connectivity index (χ3v) is 5.42. The van der Waals surface area contributed by atoms with Crippen LogP contribution in [0, 0.1) is 6.92 Å². The van der Waals surface area contributed by atoms with Crippen LogP contribution in [0.5, 0.6) is 5.75 Å². The van der Waals surface area contributed by atoms with Crippen molar-refractivity contribution in [2.75, 3.05) is 7.11 Å². The number of benzene rings is 1. The molecular formula is C22H19ClN6O. The van der Waals surface area contributed by atoms with E-state index in [2.05, 4.69) is 15.3 Å². The Balaban J connectivity index is 1.66. The molecule has 0 bridgehead atoms. The van der Waals surface area contributed by atoms with Crippen LogP contribution in [-0.4, -0.2) is 36.3 Å². The number of rotatable bonds is 4. The van der Waals surface area contributed by atoms with Crippen molar-refractivity contribution in [3.05, 3.63) is 72.0 Å². The summed E-state index contributed by atoms with van der Waals surface area (Å²) in [4.78, 5) is 0. The first-order chi connectivity index (χ1) is 14.5. The highest BCUT2D eigenvalue weighted by molar-refractivity contribution is 6.30. The van der Waals surface area contributed by atoms with Crippen LogP contribution in [0.25, 0.3) is 33.5 Å². The van der Waals surface area contributed by atoms with Crippen molar-refractivity contribution in [1.82, 2.24) is 29.2 Å². The van der Waals surface area contributed by atoms with Crippen LogP contribution in [0.1, 0.15) is 5.69 Å². The molecule has 0 unspecified atom stereocenters. The van der Waals surface area contributed by atoms with Crippen molar-refractivity contribution >= 4 is 17.1 Å². The molecule has 150 valence electrons. The average Bonchev–Trinajstić information content (AvgIpc) is 3.45. The predicted octanol–water partition coefficient (Wildman–Crippen LogP) is 4.56. The van der Waals surface area contributed by atoms with Crippen molar-refractivity contribution in [2.45, 2.75) is 6.92 Å². The van der Waals surface area contributed by atoms with Crippen molar-refractivity contribution in [2.24, 2.45) is 7.05 Å². The Bertz CT molecular complexity index is 1380. The molecule has 4 heterocycles. The maximum atomic E-state index is 6.16. The summed E-state index contributed by atoms with van der Waals surface area (Å²) >= 11 is 6.16. The SMILES string of the molecule is COc1cc(-c2cnn(C)c2)cn2ncc(-c3cnn(-c4cccc(Cl)c4)c3C)c12. The number of fused-ring (bicyclic) bond motifs is 1. The Kier molecular flexibility index (Phi) is 4.33. The molecule has 7 nitrogen and oxygen atoms in total. The molecule has 1 aromatic carbocycles. The zero-order valence-corrected chi connectivity index (χ0v) is 17.5. The molecule has 5 aromatic rings. The Morgan fingerprint density at radius 1 is 0.933 bits per heavy atom. The van der Waals surface area contributed by atoms with E-state index in [1.165, 1.54) is 0 Å². The van der Waals surface area contributed by atoms with Crippen LogP contribution < -0.4 is 4.74 Å². The van der Waals surface area contributed by atoms with Crippen LogP contribution in [0.15, 0.2) is 61.3 Å². The van der Waals surface area contributed by atoms with Gasteiger partial charge in [0.2, 0.25) is 0 Å². The van der Waals surface area contributed by atoms with Crippen molar-refractivity contribution in [3.63, 3.8) is 0 Å².